The number of halogens is 4. The Kier molecular flexibility index (Phi) is 4.87. The number of thiophene rings is 1. The number of rotatable bonds is 5. The maximum atomic E-state index is 12.0. The molecule has 0 aliphatic carbocycles. The van der Waals surface area contributed by atoms with Crippen LogP contribution in [0.2, 0.25) is 0 Å². The van der Waals surface area contributed by atoms with Gasteiger partial charge in [0.15, 0.2) is 6.61 Å². The topological polar surface area (TPSA) is 34.1 Å². The van der Waals surface area contributed by atoms with E-state index in [0.29, 0.717) is 12.2 Å². The lowest BCUT2D eigenvalue weighted by atomic mass is 10.4. The fourth-order valence-corrected chi connectivity index (χ4v) is 2.75. The van der Waals surface area contributed by atoms with Crippen LogP contribution in [-0.2, 0) is 6.54 Å². The summed E-state index contributed by atoms with van der Waals surface area (Å²) in [4.78, 5) is 4.94. The van der Waals surface area contributed by atoms with Crippen molar-refractivity contribution in [2.75, 3.05) is 11.9 Å². The minimum atomic E-state index is -4.36. The van der Waals surface area contributed by atoms with Gasteiger partial charge in [-0.1, -0.05) is 0 Å². The summed E-state index contributed by atoms with van der Waals surface area (Å²) in [7, 11) is 0. The number of pyridine rings is 1. The molecule has 0 bridgehead atoms. The summed E-state index contributed by atoms with van der Waals surface area (Å²) >= 11 is 4.97. The van der Waals surface area contributed by atoms with Gasteiger partial charge in [0, 0.05) is 27.3 Å². The van der Waals surface area contributed by atoms with Gasteiger partial charge in [0.1, 0.15) is 0 Å². The van der Waals surface area contributed by atoms with Crippen molar-refractivity contribution >= 4 is 33.0 Å². The Morgan fingerprint density at radius 3 is 2.70 bits per heavy atom. The summed E-state index contributed by atoms with van der Waals surface area (Å²) in [6.07, 6.45) is -2.92. The smallest absolute Gasteiger partial charge is 0.422 e. The molecule has 2 rings (SSSR count). The number of hydrogen-bond acceptors (Lipinski definition) is 4. The van der Waals surface area contributed by atoms with Crippen LogP contribution in [0.15, 0.2) is 34.2 Å². The lowest BCUT2D eigenvalue weighted by Crippen LogP contribution is -2.19. The summed E-state index contributed by atoms with van der Waals surface area (Å²) < 4.78 is 41.4. The van der Waals surface area contributed by atoms with E-state index in [-0.39, 0.29) is 5.88 Å². The molecule has 2 heterocycles. The largest absolute Gasteiger partial charge is 0.468 e. The van der Waals surface area contributed by atoms with Crippen LogP contribution in [0, 0.1) is 0 Å². The molecule has 0 aliphatic rings. The van der Waals surface area contributed by atoms with E-state index >= 15 is 0 Å². The van der Waals surface area contributed by atoms with Gasteiger partial charge in [0.25, 0.3) is 0 Å². The third kappa shape index (κ3) is 5.01. The molecule has 1 N–H and O–H groups in total. The first-order valence-electron chi connectivity index (χ1n) is 5.55. The van der Waals surface area contributed by atoms with Gasteiger partial charge >= 0.3 is 6.18 Å². The van der Waals surface area contributed by atoms with Gasteiger partial charge in [-0.2, -0.15) is 13.2 Å². The van der Waals surface area contributed by atoms with Crippen LogP contribution in [0.1, 0.15) is 4.88 Å². The Balaban J connectivity index is 1.85. The zero-order valence-electron chi connectivity index (χ0n) is 10.1. The third-order valence-electron chi connectivity index (χ3n) is 2.21. The van der Waals surface area contributed by atoms with Crippen LogP contribution in [-0.4, -0.2) is 17.8 Å². The Labute approximate surface area is 125 Å². The van der Waals surface area contributed by atoms with Crippen molar-refractivity contribution in [3.05, 3.63) is 39.1 Å². The average molecular weight is 367 g/mol. The maximum Gasteiger partial charge on any atom is 0.422 e. The molecule has 20 heavy (non-hydrogen) atoms. The van der Waals surface area contributed by atoms with Crippen molar-refractivity contribution in [1.29, 1.82) is 0 Å². The van der Waals surface area contributed by atoms with E-state index in [1.165, 1.54) is 12.3 Å². The minimum absolute atomic E-state index is 0.0493. The molecule has 0 amide bonds. The van der Waals surface area contributed by atoms with E-state index in [1.807, 2.05) is 11.4 Å². The first-order chi connectivity index (χ1) is 9.42. The van der Waals surface area contributed by atoms with Crippen molar-refractivity contribution < 1.29 is 17.9 Å². The fourth-order valence-electron chi connectivity index (χ4n) is 1.36. The summed E-state index contributed by atoms with van der Waals surface area (Å²) in [5, 5.41) is 5.10. The molecule has 0 saturated heterocycles. The number of nitrogens with one attached hydrogen (secondary N) is 1. The van der Waals surface area contributed by atoms with E-state index in [2.05, 4.69) is 31.0 Å². The quantitative estimate of drug-likeness (QED) is 0.848. The summed E-state index contributed by atoms with van der Waals surface area (Å²) in [6.45, 7) is -0.712. The van der Waals surface area contributed by atoms with Crippen LogP contribution in [0.3, 0.4) is 0 Å². The van der Waals surface area contributed by atoms with E-state index in [1.54, 1.807) is 17.4 Å². The molecule has 3 nitrogen and oxygen atoms in total. The van der Waals surface area contributed by atoms with E-state index in [0.717, 1.165) is 9.35 Å². The van der Waals surface area contributed by atoms with Gasteiger partial charge in [-0.15, -0.1) is 11.3 Å². The normalized spacial score (nSPS) is 11.4. The molecule has 0 unspecified atom stereocenters. The predicted octanol–water partition coefficient (Wildman–Crippen LogP) is 4.46. The highest BCUT2D eigenvalue weighted by Gasteiger charge is 2.28. The SMILES string of the molecule is FC(F)(F)COc1ccc(NCc2cc(Br)cs2)cn1. The van der Waals surface area contributed by atoms with E-state index in [4.69, 9.17) is 0 Å². The summed E-state index contributed by atoms with van der Waals surface area (Å²) in [6, 6.07) is 5.02. The molecule has 0 radical (unpaired) electrons. The Morgan fingerprint density at radius 1 is 1.35 bits per heavy atom. The number of hydrogen-bond donors (Lipinski definition) is 1. The molecule has 0 aromatic carbocycles. The first-order valence-corrected chi connectivity index (χ1v) is 7.22. The Bertz CT molecular complexity index is 557. The van der Waals surface area contributed by atoms with Crippen LogP contribution in [0.5, 0.6) is 5.88 Å². The van der Waals surface area contributed by atoms with Gasteiger partial charge in [0.2, 0.25) is 5.88 Å². The number of anilines is 1. The van der Waals surface area contributed by atoms with Crippen molar-refractivity contribution in [3.8, 4) is 5.88 Å². The van der Waals surface area contributed by atoms with E-state index < -0.39 is 12.8 Å². The van der Waals surface area contributed by atoms with Gasteiger partial charge in [-0.05, 0) is 28.1 Å². The lowest BCUT2D eigenvalue weighted by molar-refractivity contribution is -0.154. The Hall–Kier alpha value is -1.28. The lowest BCUT2D eigenvalue weighted by Gasteiger charge is -2.09. The second-order valence-electron chi connectivity index (χ2n) is 3.87. The summed E-state index contributed by atoms with van der Waals surface area (Å²) in [5.74, 6) is -0.0493. The molecule has 8 heteroatoms. The average Bonchev–Trinajstić information content (AvgIpc) is 2.80. The fraction of sp³-hybridized carbons (Fsp3) is 0.250. The first kappa shape index (κ1) is 15.1. The highest BCUT2D eigenvalue weighted by atomic mass is 79.9. The second kappa shape index (κ2) is 6.45. The highest BCUT2D eigenvalue weighted by molar-refractivity contribution is 9.10. The van der Waals surface area contributed by atoms with Crippen molar-refractivity contribution in [3.63, 3.8) is 0 Å². The third-order valence-corrected chi connectivity index (χ3v) is 3.91. The van der Waals surface area contributed by atoms with Crippen molar-refractivity contribution in [2.24, 2.45) is 0 Å². The molecule has 0 spiro atoms. The highest BCUT2D eigenvalue weighted by Crippen LogP contribution is 2.21. The molecule has 0 saturated carbocycles. The van der Waals surface area contributed by atoms with Crippen LogP contribution < -0.4 is 10.1 Å². The number of ether oxygens (including phenoxy) is 1. The van der Waals surface area contributed by atoms with Gasteiger partial charge < -0.3 is 10.1 Å². The second-order valence-corrected chi connectivity index (χ2v) is 5.79. The number of aromatic nitrogens is 1. The maximum absolute atomic E-state index is 12.0. The molecule has 0 aliphatic heterocycles. The minimum Gasteiger partial charge on any atom is -0.468 e. The monoisotopic (exact) mass is 366 g/mol. The summed E-state index contributed by atoms with van der Waals surface area (Å²) in [5.41, 5.74) is 0.717. The van der Waals surface area contributed by atoms with Crippen LogP contribution in [0.25, 0.3) is 0 Å². The molecule has 0 fully saturated rings. The molecular weight excluding hydrogens is 357 g/mol. The molecular formula is C12H10BrF3N2OS. The Morgan fingerprint density at radius 2 is 2.15 bits per heavy atom. The van der Waals surface area contributed by atoms with Gasteiger partial charge in [0.05, 0.1) is 11.9 Å². The van der Waals surface area contributed by atoms with E-state index in [9.17, 15) is 13.2 Å². The zero-order valence-corrected chi connectivity index (χ0v) is 12.5. The van der Waals surface area contributed by atoms with Crippen LogP contribution in [0.4, 0.5) is 18.9 Å². The molecule has 2 aromatic rings. The number of nitrogens with zero attached hydrogens (tertiary/aromatic N) is 1. The van der Waals surface area contributed by atoms with Crippen molar-refractivity contribution in [1.82, 2.24) is 4.98 Å². The molecule has 2 aromatic heterocycles. The van der Waals surface area contributed by atoms with Crippen molar-refractivity contribution in [2.45, 2.75) is 12.7 Å². The molecule has 108 valence electrons. The molecule has 0 atom stereocenters. The predicted molar refractivity (Wildman–Crippen MR) is 75.1 cm³/mol. The number of alkyl halides is 3. The zero-order chi connectivity index (χ0) is 14.6. The van der Waals surface area contributed by atoms with Gasteiger partial charge in [-0.3, -0.25) is 0 Å². The van der Waals surface area contributed by atoms with Gasteiger partial charge in [-0.25, -0.2) is 4.98 Å². The standard InChI is InChI=1S/C12H10BrF3N2OS/c13-8-3-10(20-6-8)5-17-9-1-2-11(18-4-9)19-7-12(14,15)16/h1-4,6,17H,5,7H2. The van der Waals surface area contributed by atoms with Crippen LogP contribution >= 0.6 is 27.3 Å².